The molecule has 2 fully saturated rings. The molecule has 2 aliphatic rings. The lowest BCUT2D eigenvalue weighted by Crippen LogP contribution is -2.70. The van der Waals surface area contributed by atoms with E-state index in [2.05, 4.69) is 31.9 Å². The van der Waals surface area contributed by atoms with Crippen LogP contribution in [0.15, 0.2) is 22.7 Å². The average molecular weight is 415 g/mol. The van der Waals surface area contributed by atoms with Crippen LogP contribution in [0.25, 0.3) is 0 Å². The van der Waals surface area contributed by atoms with E-state index in [0.29, 0.717) is 30.5 Å². The Morgan fingerprint density at radius 2 is 1.92 bits per heavy atom. The molecule has 0 aliphatic carbocycles. The monoisotopic (exact) mass is 414 g/mol. The summed E-state index contributed by atoms with van der Waals surface area (Å²) >= 11 is 3.15. The summed E-state index contributed by atoms with van der Waals surface area (Å²) in [6.07, 6.45) is 0.577. The number of carbonyl (C=O) groups excluding carboxylic acids is 2. The number of ether oxygens (including phenoxy) is 1. The van der Waals surface area contributed by atoms with Gasteiger partial charge < -0.3 is 15.4 Å². The number of rotatable bonds is 4. The van der Waals surface area contributed by atoms with E-state index in [9.17, 15) is 14.0 Å². The molecule has 0 bridgehead atoms. The van der Waals surface area contributed by atoms with Crippen LogP contribution in [-0.2, 0) is 4.74 Å². The molecule has 0 unspecified atom stereocenters. The van der Waals surface area contributed by atoms with Crippen molar-refractivity contribution in [3.8, 4) is 0 Å². The van der Waals surface area contributed by atoms with Crippen molar-refractivity contribution in [2.45, 2.75) is 38.1 Å². The van der Waals surface area contributed by atoms with Crippen molar-refractivity contribution >= 4 is 28.0 Å². The van der Waals surface area contributed by atoms with E-state index in [0.717, 1.165) is 5.56 Å². The summed E-state index contributed by atoms with van der Waals surface area (Å²) in [6.45, 7) is 2.95. The molecule has 25 heavy (non-hydrogen) atoms. The van der Waals surface area contributed by atoms with Crippen LogP contribution in [0.2, 0.25) is 0 Å². The number of amides is 4. The van der Waals surface area contributed by atoms with Crippen LogP contribution in [-0.4, -0.2) is 42.5 Å². The number of hydrogen-bond donors (Lipinski definition) is 3. The van der Waals surface area contributed by atoms with Crippen LogP contribution in [0.1, 0.15) is 31.4 Å². The molecule has 1 atom stereocenters. The minimum atomic E-state index is -0.699. The summed E-state index contributed by atoms with van der Waals surface area (Å²) in [5, 5.41) is 8.58. The van der Waals surface area contributed by atoms with Gasteiger partial charge in [0, 0.05) is 25.3 Å². The highest BCUT2D eigenvalue weighted by molar-refractivity contribution is 9.10. The second-order valence-corrected chi connectivity index (χ2v) is 6.96. The molecule has 1 aromatic rings. The molecule has 4 amide bonds. The maximum atomic E-state index is 13.3. The van der Waals surface area contributed by atoms with Crippen LogP contribution in [0.5, 0.6) is 0 Å². The Balaban J connectivity index is 1.62. The Labute approximate surface area is 153 Å². The summed E-state index contributed by atoms with van der Waals surface area (Å²) in [5.74, 6) is -0.345. The molecule has 7 nitrogen and oxygen atoms in total. The van der Waals surface area contributed by atoms with Crippen molar-refractivity contribution in [3.05, 3.63) is 34.1 Å². The molecule has 9 heteroatoms. The first-order chi connectivity index (χ1) is 12.0. The molecule has 3 N–H and O–H groups in total. The minimum Gasteiger partial charge on any atom is -0.381 e. The zero-order chi connectivity index (χ0) is 18.0. The fourth-order valence-corrected chi connectivity index (χ4v) is 3.40. The van der Waals surface area contributed by atoms with Crippen molar-refractivity contribution in [2.24, 2.45) is 0 Å². The topological polar surface area (TPSA) is 82.7 Å². The van der Waals surface area contributed by atoms with Crippen molar-refractivity contribution < 1.29 is 18.7 Å². The summed E-state index contributed by atoms with van der Waals surface area (Å²) < 4.78 is 19.0. The van der Waals surface area contributed by atoms with Gasteiger partial charge >= 0.3 is 12.1 Å². The molecule has 0 aromatic heterocycles. The van der Waals surface area contributed by atoms with Crippen LogP contribution < -0.4 is 16.0 Å². The number of urea groups is 2. The number of carbonyl (C=O) groups is 2. The number of nitrogens with one attached hydrogen (secondary N) is 3. The highest BCUT2D eigenvalue weighted by atomic mass is 79.9. The standard InChI is InChI=1S/C16H20BrFN4O3/c1-9(10-2-3-13(18)12(17)8-10)19-14-20-15(23)22(16(24)21-14)11-4-6-25-7-5-11/h2-3,8-9,11,14,19H,4-7H2,1H3,(H,20,23)(H,21,24)/t9-/m0/s1. The summed E-state index contributed by atoms with van der Waals surface area (Å²) in [5.41, 5.74) is 0.823. The summed E-state index contributed by atoms with van der Waals surface area (Å²) in [4.78, 5) is 25.9. The Kier molecular flexibility index (Phi) is 5.55. The fourth-order valence-electron chi connectivity index (χ4n) is 3.00. The smallest absolute Gasteiger partial charge is 0.328 e. The van der Waals surface area contributed by atoms with E-state index in [-0.39, 0.29) is 17.9 Å². The van der Waals surface area contributed by atoms with E-state index in [1.165, 1.54) is 11.0 Å². The van der Waals surface area contributed by atoms with E-state index in [4.69, 9.17) is 4.74 Å². The van der Waals surface area contributed by atoms with Gasteiger partial charge in [-0.1, -0.05) is 6.07 Å². The second kappa shape index (κ2) is 7.67. The molecule has 0 spiro atoms. The highest BCUT2D eigenvalue weighted by Crippen LogP contribution is 2.22. The van der Waals surface area contributed by atoms with E-state index >= 15 is 0 Å². The molecule has 1 aromatic carbocycles. The average Bonchev–Trinajstić information content (AvgIpc) is 2.57. The first-order valence-electron chi connectivity index (χ1n) is 8.14. The molecule has 136 valence electrons. The number of nitrogens with zero attached hydrogens (tertiary/aromatic N) is 1. The fraction of sp³-hybridized carbons (Fsp3) is 0.500. The predicted molar refractivity (Wildman–Crippen MR) is 92.2 cm³/mol. The summed E-state index contributed by atoms with van der Waals surface area (Å²) in [7, 11) is 0. The van der Waals surface area contributed by atoms with Crippen LogP contribution in [0.4, 0.5) is 14.0 Å². The van der Waals surface area contributed by atoms with E-state index in [1.54, 1.807) is 12.1 Å². The van der Waals surface area contributed by atoms with E-state index < -0.39 is 18.4 Å². The van der Waals surface area contributed by atoms with Crippen molar-refractivity contribution in [3.63, 3.8) is 0 Å². The first-order valence-corrected chi connectivity index (χ1v) is 8.94. The third kappa shape index (κ3) is 4.10. The van der Waals surface area contributed by atoms with Crippen LogP contribution in [0.3, 0.4) is 0 Å². The van der Waals surface area contributed by atoms with Gasteiger partial charge in [-0.2, -0.15) is 0 Å². The third-order valence-corrected chi connectivity index (χ3v) is 5.00. The van der Waals surface area contributed by atoms with Crippen LogP contribution in [0, 0.1) is 5.82 Å². The highest BCUT2D eigenvalue weighted by Gasteiger charge is 2.37. The van der Waals surface area contributed by atoms with E-state index in [1.807, 2.05) is 6.92 Å². The minimum absolute atomic E-state index is 0.153. The summed E-state index contributed by atoms with van der Waals surface area (Å²) in [6, 6.07) is 3.45. The maximum Gasteiger partial charge on any atom is 0.328 e. The number of hydrogen-bond acceptors (Lipinski definition) is 4. The quantitative estimate of drug-likeness (QED) is 0.706. The lowest BCUT2D eigenvalue weighted by atomic mass is 10.1. The van der Waals surface area contributed by atoms with Gasteiger partial charge in [0.2, 0.25) is 0 Å². The van der Waals surface area contributed by atoms with Gasteiger partial charge in [-0.3, -0.25) is 5.32 Å². The SMILES string of the molecule is C[C@H](NC1NC(=O)N(C2CCOCC2)C(=O)N1)c1ccc(F)c(Br)c1. The molecule has 3 rings (SSSR count). The van der Waals surface area contributed by atoms with Gasteiger partial charge in [0.15, 0.2) is 6.29 Å². The predicted octanol–water partition coefficient (Wildman–Crippen LogP) is 2.44. The van der Waals surface area contributed by atoms with Crippen molar-refractivity contribution in [2.75, 3.05) is 13.2 Å². The van der Waals surface area contributed by atoms with Gasteiger partial charge in [0.1, 0.15) is 5.82 Å². The third-order valence-electron chi connectivity index (χ3n) is 4.39. The number of imide groups is 1. The molecular weight excluding hydrogens is 395 g/mol. The number of benzene rings is 1. The van der Waals surface area contributed by atoms with Gasteiger partial charge in [0.05, 0.1) is 4.47 Å². The Morgan fingerprint density at radius 3 is 2.52 bits per heavy atom. The van der Waals surface area contributed by atoms with Crippen molar-refractivity contribution in [1.29, 1.82) is 0 Å². The van der Waals surface area contributed by atoms with Crippen LogP contribution >= 0.6 is 15.9 Å². The zero-order valence-corrected chi connectivity index (χ0v) is 15.3. The Bertz CT molecular complexity index is 651. The van der Waals surface area contributed by atoms with Gasteiger partial charge in [0.25, 0.3) is 0 Å². The lowest BCUT2D eigenvalue weighted by Gasteiger charge is -2.39. The molecular formula is C16H20BrFN4O3. The van der Waals surface area contributed by atoms with Crippen molar-refractivity contribution in [1.82, 2.24) is 20.9 Å². The zero-order valence-electron chi connectivity index (χ0n) is 13.7. The molecule has 2 saturated heterocycles. The lowest BCUT2D eigenvalue weighted by molar-refractivity contribution is 0.0492. The molecule has 2 heterocycles. The Morgan fingerprint density at radius 1 is 1.28 bits per heavy atom. The van der Waals surface area contributed by atoms with Gasteiger partial charge in [-0.15, -0.1) is 0 Å². The normalized spacial score (nSPS) is 21.0. The Hall–Kier alpha value is -1.71. The maximum absolute atomic E-state index is 13.3. The molecule has 0 saturated carbocycles. The molecule has 2 aliphatic heterocycles. The van der Waals surface area contributed by atoms with Gasteiger partial charge in [-0.05, 0) is 53.4 Å². The second-order valence-electron chi connectivity index (χ2n) is 6.11. The number of halogens is 2. The largest absolute Gasteiger partial charge is 0.381 e. The first kappa shape index (κ1) is 18.1. The van der Waals surface area contributed by atoms with Gasteiger partial charge in [-0.25, -0.2) is 18.9 Å². The molecule has 0 radical (unpaired) electrons.